The van der Waals surface area contributed by atoms with Gasteiger partial charge >= 0.3 is 0 Å². The van der Waals surface area contributed by atoms with Gasteiger partial charge in [0, 0.05) is 5.33 Å². The highest BCUT2D eigenvalue weighted by atomic mass is 79.9. The van der Waals surface area contributed by atoms with Crippen LogP contribution in [0.5, 0.6) is 5.75 Å². The Labute approximate surface area is 146 Å². The molecule has 0 aliphatic carbocycles. The van der Waals surface area contributed by atoms with Crippen LogP contribution in [0.2, 0.25) is 0 Å². The summed E-state index contributed by atoms with van der Waals surface area (Å²) in [6, 6.07) is 6.60. The number of para-hydroxylation sites is 1. The maximum Gasteiger partial charge on any atom is 0.126 e. The molecule has 0 N–H and O–H groups in total. The van der Waals surface area contributed by atoms with Crippen LogP contribution in [-0.2, 0) is 0 Å². The van der Waals surface area contributed by atoms with Crippen molar-refractivity contribution in [3.8, 4) is 5.75 Å². The molecule has 0 aromatic heterocycles. The fraction of sp³-hybridized carbons (Fsp3) is 0.700. The molecule has 0 radical (unpaired) electrons. The Kier molecular flexibility index (Phi) is 9.86. The largest absolute Gasteiger partial charge is 0.493 e. The van der Waals surface area contributed by atoms with E-state index in [0.717, 1.165) is 24.1 Å². The predicted molar refractivity (Wildman–Crippen MR) is 102 cm³/mol. The first-order valence-corrected chi connectivity index (χ1v) is 10.0. The summed E-state index contributed by atoms with van der Waals surface area (Å²) in [5.74, 6) is 2.17. The molecule has 0 aliphatic rings. The van der Waals surface area contributed by atoms with E-state index >= 15 is 0 Å². The third kappa shape index (κ3) is 6.73. The Morgan fingerprint density at radius 1 is 0.818 bits per heavy atom. The SMILES string of the molecule is CC(C)c1cccc(C(C)C)c1OCCCCCCCCBr. The third-order valence-electron chi connectivity index (χ3n) is 4.09. The smallest absolute Gasteiger partial charge is 0.126 e. The van der Waals surface area contributed by atoms with Gasteiger partial charge in [-0.1, -0.05) is 87.5 Å². The molecule has 126 valence electrons. The van der Waals surface area contributed by atoms with Gasteiger partial charge < -0.3 is 4.74 Å². The minimum atomic E-state index is 0.512. The van der Waals surface area contributed by atoms with E-state index in [4.69, 9.17) is 4.74 Å². The van der Waals surface area contributed by atoms with Crippen LogP contribution in [0.1, 0.15) is 89.2 Å². The molecule has 0 saturated carbocycles. The maximum absolute atomic E-state index is 6.21. The summed E-state index contributed by atoms with van der Waals surface area (Å²) in [6.45, 7) is 9.83. The Morgan fingerprint density at radius 2 is 1.32 bits per heavy atom. The average Bonchev–Trinajstić information content (AvgIpc) is 2.49. The number of benzene rings is 1. The molecule has 0 heterocycles. The van der Waals surface area contributed by atoms with Crippen molar-refractivity contribution >= 4 is 15.9 Å². The summed E-state index contributed by atoms with van der Waals surface area (Å²) in [7, 11) is 0. The second-order valence-corrected chi connectivity index (χ2v) is 7.53. The lowest BCUT2D eigenvalue weighted by atomic mass is 9.94. The molecule has 1 nitrogen and oxygen atoms in total. The topological polar surface area (TPSA) is 9.23 Å². The normalized spacial score (nSPS) is 11.4. The molecular formula is C20H33BrO. The second-order valence-electron chi connectivity index (χ2n) is 6.73. The summed E-state index contributed by atoms with van der Waals surface area (Å²) in [4.78, 5) is 0. The molecule has 0 atom stereocenters. The molecule has 22 heavy (non-hydrogen) atoms. The van der Waals surface area contributed by atoms with Crippen LogP contribution in [0.15, 0.2) is 18.2 Å². The highest BCUT2D eigenvalue weighted by Crippen LogP contribution is 2.34. The van der Waals surface area contributed by atoms with Crippen molar-refractivity contribution in [1.82, 2.24) is 0 Å². The number of ether oxygens (including phenoxy) is 1. The third-order valence-corrected chi connectivity index (χ3v) is 4.66. The number of alkyl halides is 1. The summed E-state index contributed by atoms with van der Waals surface area (Å²) < 4.78 is 6.21. The van der Waals surface area contributed by atoms with E-state index in [1.165, 1.54) is 43.2 Å². The van der Waals surface area contributed by atoms with Crippen LogP contribution in [0, 0.1) is 0 Å². The molecule has 2 heteroatoms. The summed E-state index contributed by atoms with van der Waals surface area (Å²) >= 11 is 3.49. The van der Waals surface area contributed by atoms with Crippen molar-refractivity contribution in [2.24, 2.45) is 0 Å². The first kappa shape index (κ1) is 19.5. The molecule has 0 unspecified atom stereocenters. The van der Waals surface area contributed by atoms with Crippen molar-refractivity contribution in [2.45, 2.75) is 78.1 Å². The number of hydrogen-bond acceptors (Lipinski definition) is 1. The van der Waals surface area contributed by atoms with Crippen molar-refractivity contribution in [3.05, 3.63) is 29.3 Å². The maximum atomic E-state index is 6.21. The van der Waals surface area contributed by atoms with Gasteiger partial charge in [-0.05, 0) is 35.8 Å². The molecule has 0 bridgehead atoms. The minimum absolute atomic E-state index is 0.512. The zero-order valence-corrected chi connectivity index (χ0v) is 16.4. The van der Waals surface area contributed by atoms with E-state index in [0.29, 0.717) is 11.8 Å². The minimum Gasteiger partial charge on any atom is -0.493 e. The van der Waals surface area contributed by atoms with Crippen LogP contribution >= 0.6 is 15.9 Å². The van der Waals surface area contributed by atoms with Gasteiger partial charge in [0.25, 0.3) is 0 Å². The zero-order chi connectivity index (χ0) is 16.4. The molecule has 1 aromatic carbocycles. The lowest BCUT2D eigenvalue weighted by Crippen LogP contribution is -2.05. The summed E-state index contributed by atoms with van der Waals surface area (Å²) in [6.07, 6.45) is 7.78. The van der Waals surface area contributed by atoms with E-state index < -0.39 is 0 Å². The lowest BCUT2D eigenvalue weighted by molar-refractivity contribution is 0.296. The van der Waals surface area contributed by atoms with Gasteiger partial charge in [-0.25, -0.2) is 0 Å². The second kappa shape index (κ2) is 11.1. The number of unbranched alkanes of at least 4 members (excludes halogenated alkanes) is 5. The van der Waals surface area contributed by atoms with E-state index in [2.05, 4.69) is 61.8 Å². The number of hydrogen-bond donors (Lipinski definition) is 0. The van der Waals surface area contributed by atoms with Crippen molar-refractivity contribution in [1.29, 1.82) is 0 Å². The molecule has 0 amide bonds. The first-order valence-electron chi connectivity index (χ1n) is 8.89. The van der Waals surface area contributed by atoms with Gasteiger partial charge in [-0.2, -0.15) is 0 Å². The van der Waals surface area contributed by atoms with E-state index in [1.54, 1.807) is 0 Å². The van der Waals surface area contributed by atoms with Crippen molar-refractivity contribution in [2.75, 3.05) is 11.9 Å². The van der Waals surface area contributed by atoms with E-state index in [1.807, 2.05) is 0 Å². The van der Waals surface area contributed by atoms with Gasteiger partial charge in [0.15, 0.2) is 0 Å². The standard InChI is InChI=1S/C20H33BrO/c1-16(2)18-12-11-13-19(17(3)4)20(18)22-15-10-8-6-5-7-9-14-21/h11-13,16-17H,5-10,14-15H2,1-4H3. The Hall–Kier alpha value is -0.500. The van der Waals surface area contributed by atoms with Crippen LogP contribution in [-0.4, -0.2) is 11.9 Å². The van der Waals surface area contributed by atoms with Gasteiger partial charge in [-0.15, -0.1) is 0 Å². The number of halogens is 1. The molecule has 1 rings (SSSR count). The molecular weight excluding hydrogens is 336 g/mol. The fourth-order valence-electron chi connectivity index (χ4n) is 2.73. The van der Waals surface area contributed by atoms with E-state index in [9.17, 15) is 0 Å². The van der Waals surface area contributed by atoms with Crippen LogP contribution < -0.4 is 4.74 Å². The highest BCUT2D eigenvalue weighted by molar-refractivity contribution is 9.09. The van der Waals surface area contributed by atoms with Crippen LogP contribution in [0.3, 0.4) is 0 Å². The first-order chi connectivity index (χ1) is 10.6. The predicted octanol–water partition coefficient (Wildman–Crippen LogP) is 7.05. The van der Waals surface area contributed by atoms with Gasteiger partial charge in [0.1, 0.15) is 5.75 Å². The Bertz CT molecular complexity index is 386. The van der Waals surface area contributed by atoms with Gasteiger partial charge in [-0.3, -0.25) is 0 Å². The lowest BCUT2D eigenvalue weighted by Gasteiger charge is -2.20. The molecule has 1 aromatic rings. The average molecular weight is 369 g/mol. The fourth-order valence-corrected chi connectivity index (χ4v) is 3.12. The Morgan fingerprint density at radius 3 is 1.82 bits per heavy atom. The van der Waals surface area contributed by atoms with Crippen molar-refractivity contribution in [3.63, 3.8) is 0 Å². The molecule has 0 saturated heterocycles. The van der Waals surface area contributed by atoms with Gasteiger partial charge in [0.2, 0.25) is 0 Å². The highest BCUT2D eigenvalue weighted by Gasteiger charge is 2.14. The van der Waals surface area contributed by atoms with Crippen LogP contribution in [0.25, 0.3) is 0 Å². The quantitative estimate of drug-likeness (QED) is 0.300. The van der Waals surface area contributed by atoms with Gasteiger partial charge in [0.05, 0.1) is 6.61 Å². The summed E-state index contributed by atoms with van der Waals surface area (Å²) in [5, 5.41) is 1.14. The number of rotatable bonds is 11. The molecule has 0 fully saturated rings. The Balaban J connectivity index is 2.47. The van der Waals surface area contributed by atoms with E-state index in [-0.39, 0.29) is 0 Å². The summed E-state index contributed by atoms with van der Waals surface area (Å²) in [5.41, 5.74) is 2.70. The monoisotopic (exact) mass is 368 g/mol. The molecule has 0 aliphatic heterocycles. The van der Waals surface area contributed by atoms with Crippen LogP contribution in [0.4, 0.5) is 0 Å². The zero-order valence-electron chi connectivity index (χ0n) is 14.8. The van der Waals surface area contributed by atoms with Crippen molar-refractivity contribution < 1.29 is 4.74 Å². The molecule has 0 spiro atoms.